The van der Waals surface area contributed by atoms with Crippen molar-refractivity contribution < 1.29 is 9.53 Å². The number of hydrogen-bond donors (Lipinski definition) is 1. The maximum atomic E-state index is 12.3. The van der Waals surface area contributed by atoms with Gasteiger partial charge in [0.15, 0.2) is 0 Å². The predicted octanol–water partition coefficient (Wildman–Crippen LogP) is 1.66. The third-order valence-corrected chi connectivity index (χ3v) is 4.45. The molecule has 128 valence electrons. The van der Waals surface area contributed by atoms with Crippen LogP contribution in [0.2, 0.25) is 0 Å². The molecule has 1 saturated heterocycles. The van der Waals surface area contributed by atoms with Crippen molar-refractivity contribution in [2.45, 2.75) is 39.3 Å². The fourth-order valence-corrected chi connectivity index (χ4v) is 3.17. The van der Waals surface area contributed by atoms with Gasteiger partial charge in [-0.3, -0.25) is 14.5 Å². The van der Waals surface area contributed by atoms with Gasteiger partial charge in [-0.15, -0.1) is 0 Å². The zero-order valence-electron chi connectivity index (χ0n) is 14.2. The van der Waals surface area contributed by atoms with Crippen molar-refractivity contribution in [3.8, 4) is 0 Å². The Morgan fingerprint density at radius 1 is 1.33 bits per heavy atom. The van der Waals surface area contributed by atoms with Gasteiger partial charge in [-0.25, -0.2) is 0 Å². The third-order valence-electron chi connectivity index (χ3n) is 4.45. The fourth-order valence-electron chi connectivity index (χ4n) is 3.17. The number of hydrogen-bond acceptors (Lipinski definition) is 4. The Morgan fingerprint density at radius 3 is 2.83 bits per heavy atom. The van der Waals surface area contributed by atoms with Crippen LogP contribution in [0, 0.1) is 19.8 Å². The van der Waals surface area contributed by atoms with Crippen LogP contribution in [0.4, 0.5) is 0 Å². The van der Waals surface area contributed by atoms with Gasteiger partial charge in [0.05, 0.1) is 24.9 Å². The largest absolute Gasteiger partial charge is 0.379 e. The first-order chi connectivity index (χ1) is 11.6. The van der Waals surface area contributed by atoms with E-state index in [1.165, 1.54) is 5.56 Å². The highest BCUT2D eigenvalue weighted by Crippen LogP contribution is 2.19. The van der Waals surface area contributed by atoms with Gasteiger partial charge >= 0.3 is 0 Å². The number of ether oxygens (including phenoxy) is 1. The Labute approximate surface area is 142 Å². The summed E-state index contributed by atoms with van der Waals surface area (Å²) in [4.78, 5) is 16.3. The molecule has 1 N–H and O–H groups in total. The van der Waals surface area contributed by atoms with Gasteiger partial charge in [0.25, 0.3) is 0 Å². The minimum Gasteiger partial charge on any atom is -0.379 e. The number of carbonyl (C=O) groups excluding carboxylic acids is 1. The number of rotatable bonds is 6. The van der Waals surface area contributed by atoms with Crippen molar-refractivity contribution in [2.75, 3.05) is 13.2 Å². The standard InChI is InChI=1S/C18H24N4O2/c1-13-9-14(2)22(21-13)8-5-18(23)20-17-12-24-11-16(17)10-15-3-6-19-7-4-15/h3-4,6-7,9,16-17H,5,8,10-12H2,1-2H3,(H,20,23)/t16-,17-/m1/s1. The van der Waals surface area contributed by atoms with Gasteiger partial charge in [0, 0.05) is 37.0 Å². The molecule has 2 atom stereocenters. The number of nitrogens with one attached hydrogen (secondary N) is 1. The van der Waals surface area contributed by atoms with Crippen LogP contribution >= 0.6 is 0 Å². The van der Waals surface area contributed by atoms with Gasteiger partial charge in [-0.05, 0) is 44.0 Å². The van der Waals surface area contributed by atoms with Crippen LogP contribution in [0.3, 0.4) is 0 Å². The summed E-state index contributed by atoms with van der Waals surface area (Å²) in [6, 6.07) is 6.12. The molecule has 0 aromatic carbocycles. The van der Waals surface area contributed by atoms with E-state index in [-0.39, 0.29) is 11.9 Å². The summed E-state index contributed by atoms with van der Waals surface area (Å²) in [7, 11) is 0. The smallest absolute Gasteiger partial charge is 0.222 e. The molecular formula is C18H24N4O2. The summed E-state index contributed by atoms with van der Waals surface area (Å²) >= 11 is 0. The predicted molar refractivity (Wildman–Crippen MR) is 90.5 cm³/mol. The second-order valence-electron chi connectivity index (χ2n) is 6.43. The van der Waals surface area contributed by atoms with Crippen molar-refractivity contribution in [3.63, 3.8) is 0 Å². The maximum absolute atomic E-state index is 12.3. The molecule has 2 aromatic rings. The first-order valence-corrected chi connectivity index (χ1v) is 8.39. The Morgan fingerprint density at radius 2 is 2.12 bits per heavy atom. The Balaban J connectivity index is 1.50. The van der Waals surface area contributed by atoms with E-state index in [2.05, 4.69) is 15.4 Å². The average Bonchev–Trinajstić information content (AvgIpc) is 3.12. The van der Waals surface area contributed by atoms with E-state index in [1.54, 1.807) is 12.4 Å². The summed E-state index contributed by atoms with van der Waals surface area (Å²) in [5.74, 6) is 0.364. The van der Waals surface area contributed by atoms with E-state index in [0.29, 0.717) is 32.1 Å². The second-order valence-corrected chi connectivity index (χ2v) is 6.43. The summed E-state index contributed by atoms with van der Waals surface area (Å²) in [5, 5.41) is 7.52. The molecule has 0 spiro atoms. The summed E-state index contributed by atoms with van der Waals surface area (Å²) in [5.41, 5.74) is 3.29. The Hall–Kier alpha value is -2.21. The molecule has 3 heterocycles. The molecule has 1 fully saturated rings. The van der Waals surface area contributed by atoms with Crippen LogP contribution in [-0.2, 0) is 22.5 Å². The van der Waals surface area contributed by atoms with Crippen molar-refractivity contribution in [3.05, 3.63) is 47.5 Å². The molecule has 2 aromatic heterocycles. The van der Waals surface area contributed by atoms with Gasteiger partial charge in [0.1, 0.15) is 0 Å². The first-order valence-electron chi connectivity index (χ1n) is 8.39. The van der Waals surface area contributed by atoms with E-state index >= 15 is 0 Å². The molecular weight excluding hydrogens is 304 g/mol. The number of amides is 1. The Kier molecular flexibility index (Phi) is 5.25. The highest BCUT2D eigenvalue weighted by Gasteiger charge is 2.29. The van der Waals surface area contributed by atoms with Crippen molar-refractivity contribution in [2.24, 2.45) is 5.92 Å². The fraction of sp³-hybridized carbons (Fsp3) is 0.500. The van der Waals surface area contributed by atoms with E-state index in [1.807, 2.05) is 36.7 Å². The highest BCUT2D eigenvalue weighted by atomic mass is 16.5. The second kappa shape index (κ2) is 7.57. The van der Waals surface area contributed by atoms with E-state index in [4.69, 9.17) is 4.74 Å². The molecule has 0 aliphatic carbocycles. The number of pyridine rings is 1. The number of carbonyl (C=O) groups is 1. The molecule has 1 amide bonds. The van der Waals surface area contributed by atoms with E-state index in [9.17, 15) is 4.79 Å². The average molecular weight is 328 g/mol. The van der Waals surface area contributed by atoms with Crippen LogP contribution in [0.1, 0.15) is 23.4 Å². The lowest BCUT2D eigenvalue weighted by atomic mass is 9.95. The molecule has 3 rings (SSSR count). The van der Waals surface area contributed by atoms with Crippen LogP contribution in [0.5, 0.6) is 0 Å². The van der Waals surface area contributed by atoms with Crippen LogP contribution in [-0.4, -0.2) is 39.9 Å². The van der Waals surface area contributed by atoms with Gasteiger partial charge in [-0.2, -0.15) is 5.10 Å². The molecule has 6 heteroatoms. The molecule has 0 unspecified atom stereocenters. The zero-order chi connectivity index (χ0) is 16.9. The lowest BCUT2D eigenvalue weighted by molar-refractivity contribution is -0.122. The molecule has 24 heavy (non-hydrogen) atoms. The summed E-state index contributed by atoms with van der Waals surface area (Å²) < 4.78 is 7.46. The van der Waals surface area contributed by atoms with Crippen LogP contribution < -0.4 is 5.32 Å². The normalized spacial score (nSPS) is 20.2. The number of aryl methyl sites for hydroxylation is 3. The van der Waals surface area contributed by atoms with E-state index < -0.39 is 0 Å². The first kappa shape index (κ1) is 16.6. The molecule has 0 radical (unpaired) electrons. The zero-order valence-corrected chi connectivity index (χ0v) is 14.2. The topological polar surface area (TPSA) is 69.0 Å². The van der Waals surface area contributed by atoms with Crippen molar-refractivity contribution in [1.82, 2.24) is 20.1 Å². The van der Waals surface area contributed by atoms with Gasteiger partial charge in [0.2, 0.25) is 5.91 Å². The number of nitrogens with zero attached hydrogens (tertiary/aromatic N) is 3. The van der Waals surface area contributed by atoms with E-state index in [0.717, 1.165) is 17.8 Å². The lowest BCUT2D eigenvalue weighted by Gasteiger charge is -2.19. The quantitative estimate of drug-likeness (QED) is 0.875. The summed E-state index contributed by atoms with van der Waals surface area (Å²) in [6.45, 7) is 5.84. The van der Waals surface area contributed by atoms with Crippen LogP contribution in [0.15, 0.2) is 30.6 Å². The lowest BCUT2D eigenvalue weighted by Crippen LogP contribution is -2.41. The number of aromatic nitrogens is 3. The van der Waals surface area contributed by atoms with Crippen molar-refractivity contribution in [1.29, 1.82) is 0 Å². The molecule has 0 saturated carbocycles. The SMILES string of the molecule is Cc1cc(C)n(CCC(=O)N[C@@H]2COC[C@H]2Cc2ccncc2)n1. The van der Waals surface area contributed by atoms with Crippen LogP contribution in [0.25, 0.3) is 0 Å². The molecule has 1 aliphatic rings. The third kappa shape index (κ3) is 4.20. The Bertz CT molecular complexity index is 684. The highest BCUT2D eigenvalue weighted by molar-refractivity contribution is 5.76. The minimum atomic E-state index is 0.0535. The molecule has 0 bridgehead atoms. The van der Waals surface area contributed by atoms with Crippen molar-refractivity contribution >= 4 is 5.91 Å². The molecule has 6 nitrogen and oxygen atoms in total. The van der Waals surface area contributed by atoms with Gasteiger partial charge < -0.3 is 10.1 Å². The monoisotopic (exact) mass is 328 g/mol. The van der Waals surface area contributed by atoms with Gasteiger partial charge in [-0.1, -0.05) is 0 Å². The minimum absolute atomic E-state index is 0.0535. The summed E-state index contributed by atoms with van der Waals surface area (Å²) in [6.07, 6.45) is 4.92. The molecule has 1 aliphatic heterocycles. The maximum Gasteiger partial charge on any atom is 0.222 e.